The van der Waals surface area contributed by atoms with Crippen LogP contribution in [0.25, 0.3) is 0 Å². The Hall–Kier alpha value is -1.03. The second-order valence-corrected chi connectivity index (χ2v) is 4.60. The van der Waals surface area contributed by atoms with E-state index in [2.05, 4.69) is 6.58 Å². The van der Waals surface area contributed by atoms with Gasteiger partial charge in [0.15, 0.2) is 0 Å². The van der Waals surface area contributed by atoms with E-state index < -0.39 is 5.60 Å². The highest BCUT2D eigenvalue weighted by molar-refractivity contribution is 5.68. The second kappa shape index (κ2) is 4.66. The maximum absolute atomic E-state index is 11.6. The van der Waals surface area contributed by atoms with Crippen molar-refractivity contribution in [3.05, 3.63) is 12.7 Å². The van der Waals surface area contributed by atoms with Crippen LogP contribution in [0.2, 0.25) is 0 Å². The Balaban J connectivity index is 2.40. The summed E-state index contributed by atoms with van der Waals surface area (Å²) < 4.78 is 10.6. The summed E-state index contributed by atoms with van der Waals surface area (Å²) in [6, 6.07) is 0. The fourth-order valence-electron chi connectivity index (χ4n) is 1.27. The first-order chi connectivity index (χ1) is 6.92. The summed E-state index contributed by atoms with van der Waals surface area (Å²) >= 11 is 0. The lowest BCUT2D eigenvalue weighted by molar-refractivity contribution is -0.0576. The molecule has 1 rings (SSSR count). The number of nitrogens with zero attached hydrogens (tertiary/aromatic N) is 1. The van der Waals surface area contributed by atoms with E-state index >= 15 is 0 Å². The second-order valence-electron chi connectivity index (χ2n) is 4.60. The van der Waals surface area contributed by atoms with E-state index in [0.717, 1.165) is 6.42 Å². The van der Waals surface area contributed by atoms with Gasteiger partial charge in [0.2, 0.25) is 0 Å². The molecule has 0 radical (unpaired) electrons. The number of hydrogen-bond donors (Lipinski definition) is 0. The molecule has 1 saturated heterocycles. The van der Waals surface area contributed by atoms with Gasteiger partial charge in [0.1, 0.15) is 12.3 Å². The van der Waals surface area contributed by atoms with Crippen molar-refractivity contribution in [3.63, 3.8) is 0 Å². The standard InChI is InChI=1S/C11H19NO3/c1-5-9-6-7-12(8-14-9)10(13)15-11(2,3)4/h5,9H,1,6-8H2,2-4H3/t9-/m1/s1. The smallest absolute Gasteiger partial charge is 0.412 e. The third kappa shape index (κ3) is 3.91. The van der Waals surface area contributed by atoms with Crippen LogP contribution < -0.4 is 0 Å². The van der Waals surface area contributed by atoms with Gasteiger partial charge >= 0.3 is 6.09 Å². The van der Waals surface area contributed by atoms with Gasteiger partial charge in [-0.05, 0) is 27.2 Å². The van der Waals surface area contributed by atoms with Crippen LogP contribution in [0.4, 0.5) is 4.79 Å². The number of carbonyl (C=O) groups excluding carboxylic acids is 1. The molecule has 4 nitrogen and oxygen atoms in total. The Morgan fingerprint density at radius 1 is 1.60 bits per heavy atom. The predicted molar refractivity (Wildman–Crippen MR) is 57.5 cm³/mol. The molecule has 0 aromatic rings. The molecule has 0 unspecified atom stereocenters. The maximum atomic E-state index is 11.6. The molecule has 86 valence electrons. The van der Waals surface area contributed by atoms with Crippen molar-refractivity contribution in [1.82, 2.24) is 4.90 Å². The van der Waals surface area contributed by atoms with E-state index in [1.54, 1.807) is 11.0 Å². The zero-order valence-electron chi connectivity index (χ0n) is 9.66. The minimum Gasteiger partial charge on any atom is -0.444 e. The summed E-state index contributed by atoms with van der Waals surface area (Å²) in [4.78, 5) is 13.2. The highest BCUT2D eigenvalue weighted by Gasteiger charge is 2.25. The van der Waals surface area contributed by atoms with Crippen molar-refractivity contribution in [2.24, 2.45) is 0 Å². The summed E-state index contributed by atoms with van der Waals surface area (Å²) in [5.74, 6) is 0. The molecule has 0 aromatic heterocycles. The zero-order valence-corrected chi connectivity index (χ0v) is 9.66. The summed E-state index contributed by atoms with van der Waals surface area (Å²) in [5.41, 5.74) is -0.452. The van der Waals surface area contributed by atoms with Crippen molar-refractivity contribution in [2.45, 2.75) is 38.9 Å². The summed E-state index contributed by atoms with van der Waals surface area (Å²) in [6.45, 7) is 10.1. The van der Waals surface area contributed by atoms with Crippen LogP contribution in [0.15, 0.2) is 12.7 Å². The number of carbonyl (C=O) groups is 1. The van der Waals surface area contributed by atoms with Crippen LogP contribution >= 0.6 is 0 Å². The number of amides is 1. The SMILES string of the molecule is C=C[C@@H]1CCN(C(=O)OC(C)(C)C)CO1. The fraction of sp³-hybridized carbons (Fsp3) is 0.727. The molecule has 0 N–H and O–H groups in total. The lowest BCUT2D eigenvalue weighted by Gasteiger charge is -2.32. The van der Waals surface area contributed by atoms with Gasteiger partial charge < -0.3 is 9.47 Å². The van der Waals surface area contributed by atoms with Crippen molar-refractivity contribution >= 4 is 6.09 Å². The van der Waals surface area contributed by atoms with E-state index in [4.69, 9.17) is 9.47 Å². The zero-order chi connectivity index (χ0) is 11.5. The van der Waals surface area contributed by atoms with Gasteiger partial charge in [-0.2, -0.15) is 0 Å². The van der Waals surface area contributed by atoms with Crippen molar-refractivity contribution in [1.29, 1.82) is 0 Å². The van der Waals surface area contributed by atoms with Gasteiger partial charge in [-0.25, -0.2) is 4.79 Å². The Labute approximate surface area is 90.8 Å². The van der Waals surface area contributed by atoms with Gasteiger partial charge in [0, 0.05) is 6.54 Å². The molecule has 1 fully saturated rings. The molecule has 1 aliphatic rings. The lowest BCUT2D eigenvalue weighted by atomic mass is 10.2. The summed E-state index contributed by atoms with van der Waals surface area (Å²) in [6.07, 6.45) is 2.28. The molecule has 0 bridgehead atoms. The van der Waals surface area contributed by atoms with Gasteiger partial charge in [0.25, 0.3) is 0 Å². The molecule has 0 aliphatic carbocycles. The van der Waals surface area contributed by atoms with E-state index in [-0.39, 0.29) is 18.9 Å². The van der Waals surface area contributed by atoms with E-state index in [9.17, 15) is 4.79 Å². The monoisotopic (exact) mass is 213 g/mol. The minimum atomic E-state index is -0.452. The normalized spacial score (nSPS) is 22.3. The van der Waals surface area contributed by atoms with Crippen LogP contribution in [0.5, 0.6) is 0 Å². The first kappa shape index (κ1) is 12.0. The molecule has 0 saturated carbocycles. The largest absolute Gasteiger partial charge is 0.444 e. The van der Waals surface area contributed by atoms with Crippen molar-refractivity contribution in [3.8, 4) is 0 Å². The highest BCUT2D eigenvalue weighted by atomic mass is 16.6. The minimum absolute atomic E-state index is 0.0590. The molecule has 15 heavy (non-hydrogen) atoms. The Kier molecular flexibility index (Phi) is 3.74. The molecule has 1 atom stereocenters. The first-order valence-corrected chi connectivity index (χ1v) is 5.14. The Morgan fingerprint density at radius 2 is 2.27 bits per heavy atom. The average molecular weight is 213 g/mol. The molecule has 0 aromatic carbocycles. The third-order valence-corrected chi connectivity index (χ3v) is 2.04. The number of ether oxygens (including phenoxy) is 2. The average Bonchev–Trinajstić information content (AvgIpc) is 2.15. The molecule has 1 aliphatic heterocycles. The molecule has 1 amide bonds. The third-order valence-electron chi connectivity index (χ3n) is 2.04. The maximum Gasteiger partial charge on any atom is 0.412 e. The quantitative estimate of drug-likeness (QED) is 0.626. The van der Waals surface area contributed by atoms with Gasteiger partial charge in [-0.1, -0.05) is 6.08 Å². The molecule has 4 heteroatoms. The fourth-order valence-corrected chi connectivity index (χ4v) is 1.27. The van der Waals surface area contributed by atoms with E-state index in [1.807, 2.05) is 20.8 Å². The van der Waals surface area contributed by atoms with Crippen molar-refractivity contribution < 1.29 is 14.3 Å². The Morgan fingerprint density at radius 3 is 2.67 bits per heavy atom. The molecule has 1 heterocycles. The van der Waals surface area contributed by atoms with E-state index in [1.165, 1.54) is 0 Å². The van der Waals surface area contributed by atoms with Gasteiger partial charge in [-0.3, -0.25) is 4.90 Å². The van der Waals surface area contributed by atoms with Crippen LogP contribution in [0.3, 0.4) is 0 Å². The number of hydrogen-bond acceptors (Lipinski definition) is 3. The first-order valence-electron chi connectivity index (χ1n) is 5.14. The van der Waals surface area contributed by atoms with E-state index in [0.29, 0.717) is 6.54 Å². The van der Waals surface area contributed by atoms with Gasteiger partial charge in [0.05, 0.1) is 6.10 Å². The predicted octanol–water partition coefficient (Wildman–Crippen LogP) is 2.16. The topological polar surface area (TPSA) is 38.8 Å². The Bertz CT molecular complexity index is 237. The molecular formula is C11H19NO3. The van der Waals surface area contributed by atoms with Crippen molar-refractivity contribution in [2.75, 3.05) is 13.3 Å². The summed E-state index contributed by atoms with van der Waals surface area (Å²) in [7, 11) is 0. The van der Waals surface area contributed by atoms with Crippen LogP contribution in [-0.4, -0.2) is 36.0 Å². The molecular weight excluding hydrogens is 194 g/mol. The summed E-state index contributed by atoms with van der Waals surface area (Å²) in [5, 5.41) is 0. The molecule has 0 spiro atoms. The van der Waals surface area contributed by atoms with Crippen LogP contribution in [0.1, 0.15) is 27.2 Å². The van der Waals surface area contributed by atoms with Gasteiger partial charge in [-0.15, -0.1) is 6.58 Å². The highest BCUT2D eigenvalue weighted by Crippen LogP contribution is 2.14. The van der Waals surface area contributed by atoms with Crippen LogP contribution in [-0.2, 0) is 9.47 Å². The van der Waals surface area contributed by atoms with Crippen LogP contribution in [0, 0.1) is 0 Å². The number of rotatable bonds is 1. The lowest BCUT2D eigenvalue weighted by Crippen LogP contribution is -2.43.